The number of aliphatic carboxylic acids is 1. The monoisotopic (exact) mass is 488 g/mol. The maximum atomic E-state index is 11.3. The van der Waals surface area contributed by atoms with Crippen LogP contribution in [0.4, 0.5) is 0 Å². The lowest BCUT2D eigenvalue weighted by atomic mass is 9.79. The number of rotatable bonds is 9. The average molecular weight is 489 g/mol. The number of piperidine rings is 1. The average Bonchev–Trinajstić information content (AvgIpc) is 2.91. The van der Waals surface area contributed by atoms with Crippen LogP contribution in [0, 0.1) is 23.7 Å². The number of likely N-dealkylation sites (tertiary alicyclic amines) is 1. The standard InChI is InChI=1S/C28H32N4O4/c1-36-22-7-8-25-24(18-22)23(11-15-29-25)26(33)9-5-20-12-17-32(19-21(20)6-10-28(34)35)16-2-4-27-30-13-3-14-31-27/h3,7-8,11,13-15,18,20-21,26,33H,5-6,9-10,12,16-17,19H2,1H3,(H,34,35)/t20-,21-,26-/m1/s1. The molecule has 0 unspecified atom stereocenters. The molecule has 4 rings (SSSR count). The number of methoxy groups -OCH3 is 1. The summed E-state index contributed by atoms with van der Waals surface area (Å²) < 4.78 is 5.36. The summed E-state index contributed by atoms with van der Waals surface area (Å²) in [5, 5.41) is 21.2. The van der Waals surface area contributed by atoms with Crippen LogP contribution in [0.25, 0.3) is 10.9 Å². The summed E-state index contributed by atoms with van der Waals surface area (Å²) >= 11 is 0. The molecule has 1 aromatic carbocycles. The van der Waals surface area contributed by atoms with Gasteiger partial charge in [-0.3, -0.25) is 14.7 Å². The van der Waals surface area contributed by atoms with Crippen LogP contribution >= 0.6 is 0 Å². The summed E-state index contributed by atoms with van der Waals surface area (Å²) in [5.41, 5.74) is 1.67. The van der Waals surface area contributed by atoms with E-state index in [1.54, 1.807) is 31.8 Å². The Morgan fingerprint density at radius 2 is 2.00 bits per heavy atom. The zero-order chi connectivity index (χ0) is 25.3. The van der Waals surface area contributed by atoms with Crippen LogP contribution in [0.2, 0.25) is 0 Å². The summed E-state index contributed by atoms with van der Waals surface area (Å²) in [5.74, 6) is 7.19. The highest BCUT2D eigenvalue weighted by Gasteiger charge is 2.30. The molecule has 3 atom stereocenters. The van der Waals surface area contributed by atoms with Crippen molar-refractivity contribution >= 4 is 16.9 Å². The van der Waals surface area contributed by atoms with Crippen molar-refractivity contribution in [2.75, 3.05) is 26.7 Å². The lowest BCUT2D eigenvalue weighted by Crippen LogP contribution is -2.41. The molecule has 2 aromatic heterocycles. The molecule has 0 radical (unpaired) electrons. The van der Waals surface area contributed by atoms with Gasteiger partial charge in [-0.1, -0.05) is 5.92 Å². The first-order valence-corrected chi connectivity index (χ1v) is 12.3. The minimum Gasteiger partial charge on any atom is -0.497 e. The van der Waals surface area contributed by atoms with Gasteiger partial charge in [-0.25, -0.2) is 9.97 Å². The van der Waals surface area contributed by atoms with Crippen molar-refractivity contribution in [3.63, 3.8) is 0 Å². The first kappa shape index (κ1) is 25.5. The SMILES string of the molecule is COc1ccc2nccc([C@H](O)CC[C@@H]3CCN(CC#Cc4ncccn4)C[C@H]3CCC(=O)O)c2c1. The van der Waals surface area contributed by atoms with Gasteiger partial charge in [0.05, 0.1) is 25.3 Å². The number of hydrogen-bond acceptors (Lipinski definition) is 7. The Kier molecular flexibility index (Phi) is 8.82. The van der Waals surface area contributed by atoms with Crippen LogP contribution in [-0.4, -0.2) is 62.8 Å². The van der Waals surface area contributed by atoms with Crippen LogP contribution in [0.5, 0.6) is 5.75 Å². The smallest absolute Gasteiger partial charge is 0.303 e. The van der Waals surface area contributed by atoms with Gasteiger partial charge in [-0.15, -0.1) is 0 Å². The van der Waals surface area contributed by atoms with Gasteiger partial charge in [0, 0.05) is 36.9 Å². The summed E-state index contributed by atoms with van der Waals surface area (Å²) in [7, 11) is 1.62. The maximum absolute atomic E-state index is 11.3. The molecule has 8 heteroatoms. The molecule has 2 N–H and O–H groups in total. The second-order valence-electron chi connectivity index (χ2n) is 9.23. The topological polar surface area (TPSA) is 109 Å². The molecule has 0 spiro atoms. The summed E-state index contributed by atoms with van der Waals surface area (Å²) in [6.07, 6.45) is 7.60. The van der Waals surface area contributed by atoms with E-state index >= 15 is 0 Å². The van der Waals surface area contributed by atoms with Gasteiger partial charge in [-0.2, -0.15) is 0 Å². The van der Waals surface area contributed by atoms with Gasteiger partial charge in [-0.05, 0) is 85.9 Å². The third-order valence-corrected chi connectivity index (χ3v) is 6.93. The van der Waals surface area contributed by atoms with Crippen molar-refractivity contribution in [1.82, 2.24) is 19.9 Å². The van der Waals surface area contributed by atoms with E-state index in [2.05, 4.69) is 31.7 Å². The van der Waals surface area contributed by atoms with Gasteiger partial charge < -0.3 is 14.9 Å². The Bertz CT molecular complexity index is 1220. The van der Waals surface area contributed by atoms with E-state index < -0.39 is 12.1 Å². The lowest BCUT2D eigenvalue weighted by molar-refractivity contribution is -0.137. The molecule has 0 amide bonds. The van der Waals surface area contributed by atoms with Crippen LogP contribution < -0.4 is 4.74 Å². The van der Waals surface area contributed by atoms with Crippen molar-refractivity contribution < 1.29 is 19.7 Å². The number of nitrogens with zero attached hydrogens (tertiary/aromatic N) is 4. The highest BCUT2D eigenvalue weighted by Crippen LogP contribution is 2.35. The molecule has 0 aliphatic carbocycles. The molecule has 0 saturated carbocycles. The molecule has 0 bridgehead atoms. The molecule has 3 heterocycles. The Labute approximate surface area is 211 Å². The predicted octanol–water partition coefficient (Wildman–Crippen LogP) is 3.70. The number of ether oxygens (including phenoxy) is 1. The highest BCUT2D eigenvalue weighted by molar-refractivity contribution is 5.83. The molecule has 188 valence electrons. The molecule has 1 aliphatic rings. The molecule has 3 aromatic rings. The van der Waals surface area contributed by atoms with E-state index in [0.29, 0.717) is 31.1 Å². The van der Waals surface area contributed by atoms with Crippen molar-refractivity contribution in [2.24, 2.45) is 11.8 Å². The van der Waals surface area contributed by atoms with Gasteiger partial charge in [0.15, 0.2) is 0 Å². The number of aliphatic hydroxyl groups excluding tert-OH is 1. The first-order chi connectivity index (χ1) is 17.5. The van der Waals surface area contributed by atoms with Gasteiger partial charge in [0.2, 0.25) is 5.82 Å². The normalized spacial score (nSPS) is 18.8. The van der Waals surface area contributed by atoms with Crippen LogP contribution in [-0.2, 0) is 4.79 Å². The Hall–Kier alpha value is -3.54. The van der Waals surface area contributed by atoms with E-state index in [-0.39, 0.29) is 12.3 Å². The Morgan fingerprint density at radius 1 is 1.17 bits per heavy atom. The van der Waals surface area contributed by atoms with Crippen molar-refractivity contribution in [2.45, 2.75) is 38.2 Å². The predicted molar refractivity (Wildman–Crippen MR) is 136 cm³/mol. The van der Waals surface area contributed by atoms with Gasteiger partial charge >= 0.3 is 5.97 Å². The van der Waals surface area contributed by atoms with Gasteiger partial charge in [0.1, 0.15) is 5.75 Å². The molecule has 8 nitrogen and oxygen atoms in total. The minimum absolute atomic E-state index is 0.149. The Balaban J connectivity index is 1.39. The highest BCUT2D eigenvalue weighted by atomic mass is 16.5. The molecule has 1 aliphatic heterocycles. The lowest BCUT2D eigenvalue weighted by Gasteiger charge is -2.38. The molecule has 1 saturated heterocycles. The number of pyridine rings is 1. The van der Waals surface area contributed by atoms with E-state index in [4.69, 9.17) is 4.74 Å². The maximum Gasteiger partial charge on any atom is 0.303 e. The fraction of sp³-hybridized carbons (Fsp3) is 0.429. The quantitative estimate of drug-likeness (QED) is 0.439. The fourth-order valence-electron chi connectivity index (χ4n) is 5.00. The number of benzene rings is 1. The zero-order valence-electron chi connectivity index (χ0n) is 20.5. The molecular weight excluding hydrogens is 456 g/mol. The molecular formula is C28H32N4O4. The minimum atomic E-state index is -0.774. The van der Waals surface area contributed by atoms with Crippen LogP contribution in [0.3, 0.4) is 0 Å². The number of aliphatic hydroxyl groups is 1. The second kappa shape index (κ2) is 12.4. The summed E-state index contributed by atoms with van der Waals surface area (Å²) in [6.45, 7) is 2.29. The van der Waals surface area contributed by atoms with Crippen LogP contribution in [0.1, 0.15) is 49.6 Å². The van der Waals surface area contributed by atoms with E-state index in [1.807, 2.05) is 24.3 Å². The fourth-order valence-corrected chi connectivity index (χ4v) is 5.00. The number of hydrogen-bond donors (Lipinski definition) is 2. The van der Waals surface area contributed by atoms with Crippen LogP contribution in [0.15, 0.2) is 48.9 Å². The van der Waals surface area contributed by atoms with E-state index in [1.165, 1.54) is 0 Å². The number of carbonyl (C=O) groups is 1. The van der Waals surface area contributed by atoms with Gasteiger partial charge in [0.25, 0.3) is 0 Å². The number of aromatic nitrogens is 3. The summed E-state index contributed by atoms with van der Waals surface area (Å²) in [4.78, 5) is 26.2. The van der Waals surface area contributed by atoms with Crippen molar-refractivity contribution in [1.29, 1.82) is 0 Å². The first-order valence-electron chi connectivity index (χ1n) is 12.3. The third kappa shape index (κ3) is 6.78. The second-order valence-corrected chi connectivity index (χ2v) is 9.23. The Morgan fingerprint density at radius 3 is 2.78 bits per heavy atom. The number of fused-ring (bicyclic) bond motifs is 1. The summed E-state index contributed by atoms with van der Waals surface area (Å²) in [6, 6.07) is 9.30. The van der Waals surface area contributed by atoms with E-state index in [9.17, 15) is 15.0 Å². The number of carboxylic acids is 1. The molecule has 1 fully saturated rings. The van der Waals surface area contributed by atoms with E-state index in [0.717, 1.165) is 48.1 Å². The van der Waals surface area contributed by atoms with Crippen molar-refractivity contribution in [3.05, 3.63) is 60.3 Å². The molecule has 36 heavy (non-hydrogen) atoms. The zero-order valence-corrected chi connectivity index (χ0v) is 20.5. The third-order valence-electron chi connectivity index (χ3n) is 6.93. The largest absolute Gasteiger partial charge is 0.497 e. The number of carboxylic acid groups (broad SMARTS) is 1. The van der Waals surface area contributed by atoms with Crippen molar-refractivity contribution in [3.8, 4) is 17.6 Å².